The summed E-state index contributed by atoms with van der Waals surface area (Å²) in [6.07, 6.45) is 5.24. The number of benzene rings is 1. The predicted octanol–water partition coefficient (Wildman–Crippen LogP) is 2.34. The van der Waals surface area contributed by atoms with Gasteiger partial charge in [0.15, 0.2) is 0 Å². The Morgan fingerprint density at radius 1 is 1.29 bits per heavy atom. The summed E-state index contributed by atoms with van der Waals surface area (Å²) in [5.74, 6) is 0.859. The van der Waals surface area contributed by atoms with Crippen LogP contribution in [0.1, 0.15) is 36.4 Å². The lowest BCUT2D eigenvalue weighted by Gasteiger charge is -2.33. The van der Waals surface area contributed by atoms with E-state index in [2.05, 4.69) is 36.2 Å². The molecule has 1 fully saturated rings. The molecular weight excluding hydrogens is 208 g/mol. The van der Waals surface area contributed by atoms with Crippen molar-refractivity contribution in [1.82, 2.24) is 4.90 Å². The summed E-state index contributed by atoms with van der Waals surface area (Å²) in [7, 11) is 2.27. The van der Waals surface area contributed by atoms with E-state index in [1.54, 1.807) is 0 Å². The van der Waals surface area contributed by atoms with Crippen molar-refractivity contribution >= 4 is 0 Å². The lowest BCUT2D eigenvalue weighted by atomic mass is 10.0. The van der Waals surface area contributed by atoms with Crippen molar-refractivity contribution in [3.63, 3.8) is 0 Å². The molecule has 0 aliphatic heterocycles. The number of rotatable bonds is 4. The number of likely N-dealkylation sites (N-methyl/N-ethyl adjacent to an activating group) is 1. The number of hydrogen-bond acceptors (Lipinski definition) is 2. The topological polar surface area (TPSA) is 29.3 Å². The minimum atomic E-state index is 0.589. The molecule has 2 heteroatoms. The normalized spacial score (nSPS) is 25.0. The first-order chi connectivity index (χ1) is 8.31. The second-order valence-electron chi connectivity index (χ2n) is 5.56. The van der Waals surface area contributed by atoms with E-state index in [4.69, 9.17) is 5.73 Å². The molecule has 1 aromatic carbocycles. The van der Waals surface area contributed by atoms with Crippen LogP contribution in [0.15, 0.2) is 24.3 Å². The summed E-state index contributed by atoms with van der Waals surface area (Å²) in [5.41, 5.74) is 9.03. The van der Waals surface area contributed by atoms with Gasteiger partial charge < -0.3 is 5.73 Å². The molecule has 0 radical (unpaired) electrons. The van der Waals surface area contributed by atoms with Crippen LogP contribution in [-0.2, 0) is 6.42 Å². The van der Waals surface area contributed by atoms with Crippen LogP contribution in [-0.4, -0.2) is 24.5 Å². The van der Waals surface area contributed by atoms with E-state index in [1.807, 2.05) is 0 Å². The summed E-state index contributed by atoms with van der Waals surface area (Å²) in [4.78, 5) is 2.55. The van der Waals surface area contributed by atoms with Gasteiger partial charge >= 0.3 is 0 Å². The highest BCUT2D eigenvalue weighted by atomic mass is 15.2. The highest BCUT2D eigenvalue weighted by Gasteiger charge is 2.37. The van der Waals surface area contributed by atoms with E-state index < -0.39 is 0 Å². The van der Waals surface area contributed by atoms with E-state index in [9.17, 15) is 0 Å². The van der Waals surface area contributed by atoms with Crippen LogP contribution < -0.4 is 5.73 Å². The molecule has 2 N–H and O–H groups in total. The molecule has 0 spiro atoms. The highest BCUT2D eigenvalue weighted by molar-refractivity contribution is 5.34. The first-order valence-electron chi connectivity index (χ1n) is 6.81. The smallest absolute Gasteiger partial charge is 0.0354 e. The number of fused-ring (bicyclic) bond motifs is 1. The Balaban J connectivity index is 1.81. The molecule has 2 nitrogen and oxygen atoms in total. The van der Waals surface area contributed by atoms with Crippen molar-refractivity contribution in [3.05, 3.63) is 35.4 Å². The number of hydrogen-bond donors (Lipinski definition) is 1. The van der Waals surface area contributed by atoms with Crippen LogP contribution in [0.25, 0.3) is 0 Å². The summed E-state index contributed by atoms with van der Waals surface area (Å²) < 4.78 is 0. The molecule has 0 amide bonds. The van der Waals surface area contributed by atoms with Crippen molar-refractivity contribution < 1.29 is 0 Å². The summed E-state index contributed by atoms with van der Waals surface area (Å²) in [6.45, 7) is 0.805. The Kier molecular flexibility index (Phi) is 2.93. The first kappa shape index (κ1) is 11.2. The maximum atomic E-state index is 5.96. The predicted molar refractivity (Wildman–Crippen MR) is 70.8 cm³/mol. The van der Waals surface area contributed by atoms with Crippen molar-refractivity contribution in [1.29, 1.82) is 0 Å². The lowest BCUT2D eigenvalue weighted by molar-refractivity contribution is 0.159. The fourth-order valence-corrected chi connectivity index (χ4v) is 3.36. The molecule has 3 rings (SSSR count). The molecular formula is C15H22N2. The Bertz CT molecular complexity index is 398. The minimum Gasteiger partial charge on any atom is -0.329 e. The molecule has 1 aromatic rings. The maximum Gasteiger partial charge on any atom is 0.0354 e. The number of nitrogens with zero attached hydrogens (tertiary/aromatic N) is 1. The SMILES string of the molecule is CN(C1CCc2ccccc21)C(CN)C1CC1. The van der Waals surface area contributed by atoms with Gasteiger partial charge in [-0.3, -0.25) is 4.90 Å². The van der Waals surface area contributed by atoms with Gasteiger partial charge in [0, 0.05) is 18.6 Å². The third-order valence-electron chi connectivity index (χ3n) is 4.52. The third-order valence-corrected chi connectivity index (χ3v) is 4.52. The van der Waals surface area contributed by atoms with Crippen molar-refractivity contribution in [3.8, 4) is 0 Å². The Morgan fingerprint density at radius 3 is 2.76 bits per heavy atom. The molecule has 0 bridgehead atoms. The summed E-state index contributed by atoms with van der Waals surface area (Å²) in [6, 6.07) is 10.1. The van der Waals surface area contributed by atoms with Crippen LogP contribution in [0.3, 0.4) is 0 Å². The van der Waals surface area contributed by atoms with Crippen LogP contribution in [0.4, 0.5) is 0 Å². The average molecular weight is 230 g/mol. The average Bonchev–Trinajstić information content (AvgIpc) is 3.09. The van der Waals surface area contributed by atoms with Gasteiger partial charge in [-0.05, 0) is 49.8 Å². The van der Waals surface area contributed by atoms with E-state index in [1.165, 1.54) is 36.8 Å². The molecule has 2 aliphatic carbocycles. The third kappa shape index (κ3) is 2.00. The zero-order valence-electron chi connectivity index (χ0n) is 10.6. The second-order valence-corrected chi connectivity index (χ2v) is 5.56. The second kappa shape index (κ2) is 4.43. The van der Waals surface area contributed by atoms with E-state index in [0.29, 0.717) is 12.1 Å². The van der Waals surface area contributed by atoms with Gasteiger partial charge in [0.05, 0.1) is 0 Å². The molecule has 92 valence electrons. The van der Waals surface area contributed by atoms with Gasteiger partial charge in [-0.2, -0.15) is 0 Å². The lowest BCUT2D eigenvalue weighted by Crippen LogP contribution is -2.41. The molecule has 2 atom stereocenters. The highest BCUT2D eigenvalue weighted by Crippen LogP contribution is 2.41. The van der Waals surface area contributed by atoms with Gasteiger partial charge in [-0.25, -0.2) is 0 Å². The van der Waals surface area contributed by atoms with E-state index in [-0.39, 0.29) is 0 Å². The van der Waals surface area contributed by atoms with E-state index in [0.717, 1.165) is 12.5 Å². The molecule has 17 heavy (non-hydrogen) atoms. The van der Waals surface area contributed by atoms with Crippen LogP contribution in [0.5, 0.6) is 0 Å². The molecule has 0 aromatic heterocycles. The van der Waals surface area contributed by atoms with E-state index >= 15 is 0 Å². The van der Waals surface area contributed by atoms with Crippen molar-refractivity contribution in [2.45, 2.75) is 37.8 Å². The fourth-order valence-electron chi connectivity index (χ4n) is 3.36. The number of nitrogens with two attached hydrogens (primary N) is 1. The van der Waals surface area contributed by atoms with Gasteiger partial charge in [0.25, 0.3) is 0 Å². The first-order valence-corrected chi connectivity index (χ1v) is 6.81. The summed E-state index contributed by atoms with van der Waals surface area (Å²) in [5, 5.41) is 0. The zero-order chi connectivity index (χ0) is 11.8. The van der Waals surface area contributed by atoms with Gasteiger partial charge in [0.2, 0.25) is 0 Å². The van der Waals surface area contributed by atoms with Crippen LogP contribution >= 0.6 is 0 Å². The maximum absolute atomic E-state index is 5.96. The molecule has 2 unspecified atom stereocenters. The van der Waals surface area contributed by atoms with Crippen molar-refractivity contribution in [2.75, 3.05) is 13.6 Å². The largest absolute Gasteiger partial charge is 0.329 e. The molecule has 1 saturated carbocycles. The Labute approximate surface area is 104 Å². The Morgan fingerprint density at radius 2 is 2.06 bits per heavy atom. The number of aryl methyl sites for hydroxylation is 1. The van der Waals surface area contributed by atoms with Crippen molar-refractivity contribution in [2.24, 2.45) is 11.7 Å². The minimum absolute atomic E-state index is 0.589. The van der Waals surface area contributed by atoms with Gasteiger partial charge in [-0.1, -0.05) is 24.3 Å². The quantitative estimate of drug-likeness (QED) is 0.860. The molecule has 0 heterocycles. The summed E-state index contributed by atoms with van der Waals surface area (Å²) >= 11 is 0. The van der Waals surface area contributed by atoms with Gasteiger partial charge in [0.1, 0.15) is 0 Å². The standard InChI is InChI=1S/C15H22N2/c1-17(15(10-16)12-6-7-12)14-9-8-11-4-2-3-5-13(11)14/h2-5,12,14-15H,6-10,16H2,1H3. The Hall–Kier alpha value is -0.860. The monoisotopic (exact) mass is 230 g/mol. The van der Waals surface area contributed by atoms with Crippen LogP contribution in [0.2, 0.25) is 0 Å². The molecule has 0 saturated heterocycles. The van der Waals surface area contributed by atoms with Gasteiger partial charge in [-0.15, -0.1) is 0 Å². The fraction of sp³-hybridized carbons (Fsp3) is 0.600. The zero-order valence-corrected chi connectivity index (χ0v) is 10.6. The van der Waals surface area contributed by atoms with Crippen LogP contribution in [0, 0.1) is 5.92 Å². The molecule has 2 aliphatic rings.